The lowest BCUT2D eigenvalue weighted by Crippen LogP contribution is -2.18. The Balaban J connectivity index is 0.000000909. The summed E-state index contributed by atoms with van der Waals surface area (Å²) >= 11 is 0. The Morgan fingerprint density at radius 1 is 1.24 bits per heavy atom. The number of halogens is 1. The van der Waals surface area contributed by atoms with Gasteiger partial charge in [-0.2, -0.15) is 0 Å². The van der Waals surface area contributed by atoms with E-state index in [0.29, 0.717) is 48.1 Å². The van der Waals surface area contributed by atoms with Crippen LogP contribution in [0.3, 0.4) is 0 Å². The van der Waals surface area contributed by atoms with E-state index in [4.69, 9.17) is 35.3 Å². The Kier molecular flexibility index (Phi) is 8.76. The standard InChI is InChI=1S/C24H23FN8O4.C2H4O2/c1-35-17-10-13(11-18-20(17)37-9-3-8-36-18)19(30-14-4-5-15(21(26)27)16(25)12-14)22-31-24(34)33(32-22)23-28-6-2-7-29-23;1-2(3)4/h2,4-7,10-12,19,30H,3,8-9H2,1H3,(H3,26,27)(H,31,32,34);1H3,(H,3,4). The number of methoxy groups -OCH3 is 1. The summed E-state index contributed by atoms with van der Waals surface area (Å²) < 4.78 is 32.9. The van der Waals surface area contributed by atoms with Gasteiger partial charge in [0.05, 0.1) is 25.9 Å². The molecule has 1 atom stereocenters. The zero-order valence-corrected chi connectivity index (χ0v) is 22.1. The number of nitrogens with one attached hydrogen (secondary N) is 3. The van der Waals surface area contributed by atoms with Crippen molar-refractivity contribution < 1.29 is 28.5 Å². The minimum Gasteiger partial charge on any atom is -0.493 e. The first-order chi connectivity index (χ1) is 19.7. The molecule has 0 saturated heterocycles. The van der Waals surface area contributed by atoms with Crippen molar-refractivity contribution in [3.8, 4) is 23.2 Å². The van der Waals surface area contributed by atoms with Crippen molar-refractivity contribution in [3.05, 3.63) is 82.0 Å². The van der Waals surface area contributed by atoms with E-state index in [1.54, 1.807) is 24.3 Å². The molecule has 41 heavy (non-hydrogen) atoms. The summed E-state index contributed by atoms with van der Waals surface area (Å²) in [5.41, 5.74) is 5.80. The van der Waals surface area contributed by atoms with Gasteiger partial charge in [0, 0.05) is 31.4 Å². The number of carboxylic acid groups (broad SMARTS) is 1. The Hall–Kier alpha value is -5.47. The van der Waals surface area contributed by atoms with Gasteiger partial charge in [0.1, 0.15) is 17.7 Å². The molecule has 4 aromatic rings. The van der Waals surface area contributed by atoms with Crippen LogP contribution in [0, 0.1) is 11.2 Å². The number of aromatic amines is 1. The molecule has 0 aliphatic carbocycles. The second-order valence-electron chi connectivity index (χ2n) is 8.58. The molecule has 0 saturated carbocycles. The monoisotopic (exact) mass is 566 g/mol. The third-order valence-corrected chi connectivity index (χ3v) is 5.61. The second kappa shape index (κ2) is 12.6. The van der Waals surface area contributed by atoms with E-state index < -0.39 is 23.5 Å². The van der Waals surface area contributed by atoms with Crippen molar-refractivity contribution in [2.24, 2.45) is 5.73 Å². The molecule has 15 heteroatoms. The van der Waals surface area contributed by atoms with Crippen molar-refractivity contribution in [2.45, 2.75) is 19.4 Å². The van der Waals surface area contributed by atoms with Crippen LogP contribution in [0.15, 0.2) is 53.6 Å². The number of nitrogen functional groups attached to an aromatic ring is 1. The molecule has 2 aromatic carbocycles. The van der Waals surface area contributed by atoms with Crippen LogP contribution in [-0.2, 0) is 4.79 Å². The lowest BCUT2D eigenvalue weighted by atomic mass is 10.0. The average Bonchev–Trinajstić information content (AvgIpc) is 3.16. The van der Waals surface area contributed by atoms with Crippen molar-refractivity contribution in [1.29, 1.82) is 5.41 Å². The number of rotatable bonds is 7. The van der Waals surface area contributed by atoms with Crippen LogP contribution in [0.5, 0.6) is 17.2 Å². The molecule has 1 aliphatic heterocycles. The zero-order valence-electron chi connectivity index (χ0n) is 22.1. The number of aliphatic carboxylic acids is 1. The summed E-state index contributed by atoms with van der Waals surface area (Å²) in [6.45, 7) is 2.01. The van der Waals surface area contributed by atoms with E-state index in [-0.39, 0.29) is 23.2 Å². The van der Waals surface area contributed by atoms with Crippen molar-refractivity contribution in [1.82, 2.24) is 24.7 Å². The van der Waals surface area contributed by atoms with Gasteiger partial charge in [0.25, 0.3) is 11.9 Å². The summed E-state index contributed by atoms with van der Waals surface area (Å²) in [6.07, 6.45) is 3.69. The molecule has 0 radical (unpaired) electrons. The number of benzene rings is 2. The number of H-pyrrole nitrogens is 1. The van der Waals surface area contributed by atoms with E-state index in [2.05, 4.69) is 25.4 Å². The van der Waals surface area contributed by atoms with Gasteiger partial charge in [-0.05, 0) is 42.0 Å². The van der Waals surface area contributed by atoms with Gasteiger partial charge >= 0.3 is 5.69 Å². The molecule has 2 aromatic heterocycles. The Morgan fingerprint density at radius 2 is 1.95 bits per heavy atom. The number of ether oxygens (including phenoxy) is 3. The molecule has 6 N–H and O–H groups in total. The molecule has 214 valence electrons. The normalized spacial score (nSPS) is 12.8. The molecule has 14 nitrogen and oxygen atoms in total. The molecule has 0 spiro atoms. The minimum absolute atomic E-state index is 0.0294. The van der Waals surface area contributed by atoms with Crippen LogP contribution in [-0.4, -0.2) is 62.0 Å². The highest BCUT2D eigenvalue weighted by Gasteiger charge is 2.26. The van der Waals surface area contributed by atoms with E-state index in [0.717, 1.165) is 11.6 Å². The number of hydrogen-bond donors (Lipinski definition) is 5. The SMILES string of the molecule is CC(=O)O.COc1cc(C(Nc2ccc(C(=N)N)c(F)c2)c2nn(-c3ncccn3)c(=O)[nH]2)cc2c1OCCCO2. The molecule has 0 fully saturated rings. The fourth-order valence-electron chi connectivity index (χ4n) is 3.89. The number of aromatic nitrogens is 5. The fourth-order valence-corrected chi connectivity index (χ4v) is 3.89. The number of hydrogen-bond acceptors (Lipinski definition) is 10. The van der Waals surface area contributed by atoms with Crippen LogP contribution in [0.25, 0.3) is 5.95 Å². The maximum absolute atomic E-state index is 14.6. The van der Waals surface area contributed by atoms with Crippen molar-refractivity contribution in [2.75, 3.05) is 25.6 Å². The molecule has 0 amide bonds. The number of anilines is 1. The minimum atomic E-state index is -0.833. The van der Waals surface area contributed by atoms with Gasteiger partial charge in [0.15, 0.2) is 17.3 Å². The molecular weight excluding hydrogens is 539 g/mol. The number of nitrogens with zero attached hydrogens (tertiary/aromatic N) is 4. The summed E-state index contributed by atoms with van der Waals surface area (Å²) in [5.74, 6) is -0.260. The zero-order chi connectivity index (χ0) is 29.5. The van der Waals surface area contributed by atoms with Gasteiger partial charge in [-0.15, -0.1) is 9.78 Å². The van der Waals surface area contributed by atoms with Gasteiger partial charge < -0.3 is 30.4 Å². The van der Waals surface area contributed by atoms with Crippen molar-refractivity contribution >= 4 is 17.5 Å². The van der Waals surface area contributed by atoms with Gasteiger partial charge in [-0.25, -0.2) is 19.2 Å². The van der Waals surface area contributed by atoms with Gasteiger partial charge in [-0.3, -0.25) is 15.2 Å². The summed E-state index contributed by atoms with van der Waals surface area (Å²) in [7, 11) is 1.51. The maximum Gasteiger partial charge on any atom is 0.350 e. The van der Waals surface area contributed by atoms with E-state index in [9.17, 15) is 9.18 Å². The van der Waals surface area contributed by atoms with Crippen LogP contribution in [0.1, 0.15) is 36.3 Å². The number of carboxylic acids is 1. The predicted octanol–water partition coefficient (Wildman–Crippen LogP) is 2.24. The van der Waals surface area contributed by atoms with Crippen LogP contribution in [0.4, 0.5) is 10.1 Å². The summed E-state index contributed by atoms with van der Waals surface area (Å²) in [5, 5.41) is 22.5. The van der Waals surface area contributed by atoms with E-state index in [1.807, 2.05) is 0 Å². The highest BCUT2D eigenvalue weighted by Crippen LogP contribution is 2.42. The first kappa shape index (κ1) is 28.5. The molecule has 0 bridgehead atoms. The smallest absolute Gasteiger partial charge is 0.350 e. The molecular formula is C26H27FN8O6. The quantitative estimate of drug-likeness (QED) is 0.162. The molecule has 1 aliphatic rings. The third-order valence-electron chi connectivity index (χ3n) is 5.61. The van der Waals surface area contributed by atoms with Crippen molar-refractivity contribution in [3.63, 3.8) is 0 Å². The van der Waals surface area contributed by atoms with E-state index in [1.165, 1.54) is 31.6 Å². The first-order valence-corrected chi connectivity index (χ1v) is 12.2. The molecule has 1 unspecified atom stereocenters. The second-order valence-corrected chi connectivity index (χ2v) is 8.58. The Morgan fingerprint density at radius 3 is 2.61 bits per heavy atom. The first-order valence-electron chi connectivity index (χ1n) is 12.2. The Labute approximate surface area is 232 Å². The molecule has 5 rings (SSSR count). The highest BCUT2D eigenvalue weighted by molar-refractivity contribution is 5.95. The largest absolute Gasteiger partial charge is 0.493 e. The highest BCUT2D eigenvalue weighted by atomic mass is 19.1. The topological polar surface area (TPSA) is 203 Å². The average molecular weight is 567 g/mol. The van der Waals surface area contributed by atoms with Gasteiger partial charge in [-0.1, -0.05) is 0 Å². The summed E-state index contributed by atoms with van der Waals surface area (Å²) in [4.78, 5) is 32.7. The van der Waals surface area contributed by atoms with Crippen LogP contribution in [0.2, 0.25) is 0 Å². The number of amidine groups is 1. The van der Waals surface area contributed by atoms with E-state index >= 15 is 0 Å². The third kappa shape index (κ3) is 6.76. The Bertz CT molecular complexity index is 1600. The predicted molar refractivity (Wildman–Crippen MR) is 145 cm³/mol. The fraction of sp³-hybridized carbons (Fsp3) is 0.231. The van der Waals surface area contributed by atoms with Gasteiger partial charge in [0.2, 0.25) is 5.75 Å². The summed E-state index contributed by atoms with van der Waals surface area (Å²) in [6, 6.07) is 8.47. The lowest BCUT2D eigenvalue weighted by molar-refractivity contribution is -0.134. The number of carbonyl (C=O) groups is 1. The van der Waals surface area contributed by atoms with Crippen LogP contribution < -0.4 is 31.0 Å². The lowest BCUT2D eigenvalue weighted by Gasteiger charge is -2.21. The van der Waals surface area contributed by atoms with Crippen LogP contribution >= 0.6 is 0 Å². The number of nitrogens with two attached hydrogens (primary N) is 1. The molecule has 3 heterocycles. The maximum atomic E-state index is 14.6. The number of fused-ring (bicyclic) bond motifs is 1.